The molecule has 0 saturated heterocycles. The Morgan fingerprint density at radius 1 is 1.19 bits per heavy atom. The molecule has 1 unspecified atom stereocenters. The smallest absolute Gasteiger partial charge is 0.224 e. The van der Waals surface area contributed by atoms with Crippen molar-refractivity contribution in [1.82, 2.24) is 20.3 Å². The number of nitrogens with zero attached hydrogens (tertiary/aromatic N) is 3. The lowest BCUT2D eigenvalue weighted by atomic mass is 9.89. The van der Waals surface area contributed by atoms with Gasteiger partial charge >= 0.3 is 0 Å². The summed E-state index contributed by atoms with van der Waals surface area (Å²) in [7, 11) is 1.62. The fraction of sp³-hybridized carbons (Fsp3) is 0.385. The second-order valence-electron chi connectivity index (χ2n) is 7.92. The molecule has 0 spiro atoms. The minimum Gasteiger partial charge on any atom is -0.496 e. The van der Waals surface area contributed by atoms with Gasteiger partial charge in [-0.2, -0.15) is 0 Å². The van der Waals surface area contributed by atoms with E-state index in [0.717, 1.165) is 47.5 Å². The van der Waals surface area contributed by atoms with Crippen LogP contribution >= 0.6 is 0 Å². The van der Waals surface area contributed by atoms with Crippen LogP contribution in [-0.4, -0.2) is 34.5 Å². The molecule has 1 amide bonds. The fourth-order valence-electron chi connectivity index (χ4n) is 4.02. The van der Waals surface area contributed by atoms with E-state index in [1.165, 1.54) is 5.56 Å². The topological polar surface area (TPSA) is 77.0 Å². The Kier molecular flexibility index (Phi) is 8.31. The van der Waals surface area contributed by atoms with Crippen LogP contribution in [0.1, 0.15) is 55.1 Å². The van der Waals surface area contributed by atoms with Crippen LogP contribution in [0.3, 0.4) is 0 Å². The zero-order chi connectivity index (χ0) is 22.9. The van der Waals surface area contributed by atoms with Crippen molar-refractivity contribution in [2.75, 3.05) is 13.7 Å². The van der Waals surface area contributed by atoms with E-state index in [4.69, 9.17) is 9.72 Å². The molecular weight excluding hydrogens is 400 g/mol. The van der Waals surface area contributed by atoms with Crippen molar-refractivity contribution in [3.05, 3.63) is 71.4 Å². The lowest BCUT2D eigenvalue weighted by molar-refractivity contribution is -0.120. The van der Waals surface area contributed by atoms with Gasteiger partial charge in [0.1, 0.15) is 5.75 Å². The normalized spacial score (nSPS) is 11.8. The summed E-state index contributed by atoms with van der Waals surface area (Å²) < 4.78 is 5.55. The standard InChI is InChI=1S/C26H32N4O2/c1-5-8-19(23-9-7-12-29-18(23)3)13-22-16-27-17-24(30-22)20-10-11-21(25(14-20)32-4)15-26(31)28-6-2/h7,9-12,14,16-17,19H,5-6,8,13,15H2,1-4H3,(H,28,31). The summed E-state index contributed by atoms with van der Waals surface area (Å²) >= 11 is 0. The van der Waals surface area contributed by atoms with Gasteiger partial charge in [-0.25, -0.2) is 4.98 Å². The van der Waals surface area contributed by atoms with Crippen molar-refractivity contribution in [3.63, 3.8) is 0 Å². The number of ether oxygens (including phenoxy) is 1. The Morgan fingerprint density at radius 2 is 2.03 bits per heavy atom. The number of carbonyl (C=O) groups is 1. The number of methoxy groups -OCH3 is 1. The first-order valence-corrected chi connectivity index (χ1v) is 11.2. The van der Waals surface area contributed by atoms with Crippen molar-refractivity contribution in [2.24, 2.45) is 0 Å². The predicted molar refractivity (Wildman–Crippen MR) is 127 cm³/mol. The predicted octanol–water partition coefficient (Wildman–Crippen LogP) is 4.66. The van der Waals surface area contributed by atoms with E-state index in [2.05, 4.69) is 35.2 Å². The molecule has 0 aliphatic heterocycles. The van der Waals surface area contributed by atoms with Gasteiger partial charge < -0.3 is 10.1 Å². The summed E-state index contributed by atoms with van der Waals surface area (Å²) in [5.74, 6) is 1.01. The van der Waals surface area contributed by atoms with E-state index in [-0.39, 0.29) is 12.3 Å². The number of aryl methyl sites for hydroxylation is 1. The van der Waals surface area contributed by atoms with E-state index in [9.17, 15) is 4.79 Å². The lowest BCUT2D eigenvalue weighted by Crippen LogP contribution is -2.24. The molecule has 3 aromatic rings. The fourth-order valence-corrected chi connectivity index (χ4v) is 4.02. The highest BCUT2D eigenvalue weighted by molar-refractivity contribution is 5.79. The number of hydrogen-bond acceptors (Lipinski definition) is 5. The highest BCUT2D eigenvalue weighted by Crippen LogP contribution is 2.29. The van der Waals surface area contributed by atoms with E-state index in [1.807, 2.05) is 43.6 Å². The Labute approximate surface area is 190 Å². The third-order valence-electron chi connectivity index (χ3n) is 5.57. The van der Waals surface area contributed by atoms with Gasteiger partial charge in [0.2, 0.25) is 5.91 Å². The largest absolute Gasteiger partial charge is 0.496 e. The Hall–Kier alpha value is -3.28. The molecule has 0 radical (unpaired) electrons. The van der Waals surface area contributed by atoms with Crippen LogP contribution in [-0.2, 0) is 17.6 Å². The number of likely N-dealkylation sites (N-methyl/N-ethyl adjacent to an activating group) is 1. The maximum Gasteiger partial charge on any atom is 0.224 e. The Balaban J connectivity index is 1.85. The first-order chi connectivity index (χ1) is 15.5. The zero-order valence-electron chi connectivity index (χ0n) is 19.4. The average Bonchev–Trinajstić information content (AvgIpc) is 2.80. The Morgan fingerprint density at radius 3 is 2.75 bits per heavy atom. The van der Waals surface area contributed by atoms with E-state index in [0.29, 0.717) is 18.2 Å². The van der Waals surface area contributed by atoms with Gasteiger partial charge in [-0.15, -0.1) is 0 Å². The second-order valence-corrected chi connectivity index (χ2v) is 7.92. The molecule has 0 aliphatic carbocycles. The molecular formula is C26H32N4O2. The third kappa shape index (κ3) is 5.90. The molecule has 32 heavy (non-hydrogen) atoms. The summed E-state index contributed by atoms with van der Waals surface area (Å²) in [6.45, 7) is 6.79. The highest BCUT2D eigenvalue weighted by Gasteiger charge is 2.16. The van der Waals surface area contributed by atoms with Crippen LogP contribution < -0.4 is 10.1 Å². The molecule has 1 N–H and O–H groups in total. The first-order valence-electron chi connectivity index (χ1n) is 11.2. The number of rotatable bonds is 10. The van der Waals surface area contributed by atoms with Crippen molar-refractivity contribution < 1.29 is 9.53 Å². The van der Waals surface area contributed by atoms with Crippen LogP contribution in [0.5, 0.6) is 5.75 Å². The number of aromatic nitrogens is 3. The van der Waals surface area contributed by atoms with Crippen molar-refractivity contribution in [1.29, 1.82) is 0 Å². The molecule has 0 saturated carbocycles. The summed E-state index contributed by atoms with van der Waals surface area (Å²) in [6.07, 6.45) is 8.71. The van der Waals surface area contributed by atoms with Gasteiger partial charge in [0, 0.05) is 35.8 Å². The molecule has 0 fully saturated rings. The molecule has 0 bridgehead atoms. The maximum absolute atomic E-state index is 12.0. The number of benzene rings is 1. The molecule has 168 valence electrons. The van der Waals surface area contributed by atoms with E-state index >= 15 is 0 Å². The monoisotopic (exact) mass is 432 g/mol. The van der Waals surface area contributed by atoms with Crippen molar-refractivity contribution in [3.8, 4) is 17.0 Å². The number of amides is 1. The van der Waals surface area contributed by atoms with Gasteiger partial charge in [-0.1, -0.05) is 31.5 Å². The van der Waals surface area contributed by atoms with E-state index < -0.39 is 0 Å². The van der Waals surface area contributed by atoms with Gasteiger partial charge in [0.15, 0.2) is 0 Å². The molecule has 0 aliphatic rings. The number of pyridine rings is 1. The van der Waals surface area contributed by atoms with Crippen LogP contribution in [0.25, 0.3) is 11.3 Å². The quantitative estimate of drug-likeness (QED) is 0.504. The molecule has 1 atom stereocenters. The van der Waals surface area contributed by atoms with Gasteiger partial charge in [-0.3, -0.25) is 14.8 Å². The molecule has 1 aromatic carbocycles. The molecule has 3 rings (SSSR count). The number of nitrogens with one attached hydrogen (secondary N) is 1. The number of hydrogen-bond donors (Lipinski definition) is 1. The van der Waals surface area contributed by atoms with Gasteiger partial charge in [0.25, 0.3) is 0 Å². The van der Waals surface area contributed by atoms with Crippen LogP contribution in [0.15, 0.2) is 48.9 Å². The first kappa shape index (κ1) is 23.4. The average molecular weight is 433 g/mol. The van der Waals surface area contributed by atoms with Crippen LogP contribution in [0.4, 0.5) is 0 Å². The highest BCUT2D eigenvalue weighted by atomic mass is 16.5. The minimum atomic E-state index is -0.0204. The molecule has 2 aromatic heterocycles. The molecule has 2 heterocycles. The summed E-state index contributed by atoms with van der Waals surface area (Å²) in [5.41, 5.74) is 5.86. The second kappa shape index (κ2) is 11.4. The van der Waals surface area contributed by atoms with E-state index in [1.54, 1.807) is 13.3 Å². The van der Waals surface area contributed by atoms with Crippen molar-refractivity contribution >= 4 is 5.91 Å². The summed E-state index contributed by atoms with van der Waals surface area (Å²) in [5, 5.41) is 2.82. The summed E-state index contributed by atoms with van der Waals surface area (Å²) in [4.78, 5) is 25.8. The third-order valence-corrected chi connectivity index (χ3v) is 5.57. The van der Waals surface area contributed by atoms with Crippen LogP contribution in [0, 0.1) is 6.92 Å². The molecule has 6 heteroatoms. The van der Waals surface area contributed by atoms with Crippen LogP contribution in [0.2, 0.25) is 0 Å². The zero-order valence-corrected chi connectivity index (χ0v) is 19.4. The molecule has 6 nitrogen and oxygen atoms in total. The minimum absolute atomic E-state index is 0.0204. The number of carbonyl (C=O) groups excluding carboxylic acids is 1. The van der Waals surface area contributed by atoms with Gasteiger partial charge in [0.05, 0.1) is 31.1 Å². The SMILES string of the molecule is CCCC(Cc1cncc(-c2ccc(CC(=O)NCC)c(OC)c2)n1)c1cccnc1C. The Bertz CT molecular complexity index is 1050. The lowest BCUT2D eigenvalue weighted by Gasteiger charge is -2.18. The van der Waals surface area contributed by atoms with Crippen molar-refractivity contribution in [2.45, 2.75) is 52.4 Å². The summed E-state index contributed by atoms with van der Waals surface area (Å²) in [6, 6.07) is 9.99. The van der Waals surface area contributed by atoms with Gasteiger partial charge in [-0.05, 0) is 50.3 Å². The maximum atomic E-state index is 12.0.